The summed E-state index contributed by atoms with van der Waals surface area (Å²) < 4.78 is 0. The highest BCUT2D eigenvalue weighted by Crippen LogP contribution is 2.28. The molecule has 0 aromatic carbocycles. The normalized spacial score (nSPS) is 14.6. The van der Waals surface area contributed by atoms with E-state index in [1.807, 2.05) is 0 Å². The van der Waals surface area contributed by atoms with Gasteiger partial charge < -0.3 is 20.4 Å². The van der Waals surface area contributed by atoms with Crippen molar-refractivity contribution in [2.24, 2.45) is 11.3 Å². The maximum atomic E-state index is 10.3. The van der Waals surface area contributed by atoms with Crippen molar-refractivity contribution in [1.29, 1.82) is 0 Å². The summed E-state index contributed by atoms with van der Waals surface area (Å²) in [4.78, 5) is 10.3. The van der Waals surface area contributed by atoms with Gasteiger partial charge >= 0.3 is 5.97 Å². The second kappa shape index (κ2) is 5.74. The van der Waals surface area contributed by atoms with Gasteiger partial charge in [0.1, 0.15) is 0 Å². The first kappa shape index (κ1) is 13.1. The largest absolute Gasteiger partial charge is 0.478 e. The Morgan fingerprint density at radius 3 is 2.14 bits per heavy atom. The molecule has 1 atom stereocenters. The van der Waals surface area contributed by atoms with E-state index in [4.69, 9.17) is 20.4 Å². The molecule has 0 heterocycles. The van der Waals surface area contributed by atoms with Crippen molar-refractivity contribution in [3.63, 3.8) is 0 Å². The second-order valence-electron chi connectivity index (χ2n) is 3.30. The molecule has 0 aromatic rings. The lowest BCUT2D eigenvalue weighted by Gasteiger charge is -2.31. The van der Waals surface area contributed by atoms with Crippen LogP contribution in [0.3, 0.4) is 0 Å². The van der Waals surface area contributed by atoms with Crippen molar-refractivity contribution in [3.8, 4) is 0 Å². The standard InChI is InChI=1S/C9H16O5/c1-7(4-10)9(5-11,6-12)3-2-8(13)14/h2-3,7,10-12H,4-6H2,1H3,(H,13,14). The molecule has 82 valence electrons. The molecule has 0 bridgehead atoms. The molecule has 0 saturated heterocycles. The van der Waals surface area contributed by atoms with Gasteiger partial charge in [-0.3, -0.25) is 0 Å². The van der Waals surface area contributed by atoms with Crippen LogP contribution in [0.1, 0.15) is 6.92 Å². The molecular formula is C9H16O5. The van der Waals surface area contributed by atoms with Crippen LogP contribution in [0.25, 0.3) is 0 Å². The number of carboxylic acids is 1. The van der Waals surface area contributed by atoms with Crippen LogP contribution in [0.2, 0.25) is 0 Å². The van der Waals surface area contributed by atoms with E-state index in [1.165, 1.54) is 6.08 Å². The lowest BCUT2D eigenvalue weighted by Crippen LogP contribution is -2.36. The number of hydrogen-bond donors (Lipinski definition) is 4. The van der Waals surface area contributed by atoms with Gasteiger partial charge in [0.05, 0.1) is 13.2 Å². The molecule has 0 aliphatic rings. The van der Waals surface area contributed by atoms with E-state index in [1.54, 1.807) is 6.92 Å². The number of aliphatic carboxylic acids is 1. The Morgan fingerprint density at radius 1 is 1.36 bits per heavy atom. The lowest BCUT2D eigenvalue weighted by molar-refractivity contribution is -0.131. The van der Waals surface area contributed by atoms with Gasteiger partial charge in [0, 0.05) is 18.1 Å². The Morgan fingerprint density at radius 2 is 1.86 bits per heavy atom. The van der Waals surface area contributed by atoms with Crippen molar-refractivity contribution < 1.29 is 25.2 Å². The van der Waals surface area contributed by atoms with Gasteiger partial charge in [0.25, 0.3) is 0 Å². The van der Waals surface area contributed by atoms with Crippen LogP contribution in [-0.4, -0.2) is 46.2 Å². The number of carboxylic acid groups (broad SMARTS) is 1. The average Bonchev–Trinajstić information content (AvgIpc) is 2.19. The van der Waals surface area contributed by atoms with Crippen LogP contribution in [0, 0.1) is 11.3 Å². The monoisotopic (exact) mass is 204 g/mol. The zero-order valence-corrected chi connectivity index (χ0v) is 8.05. The Hall–Kier alpha value is -0.910. The van der Waals surface area contributed by atoms with E-state index in [0.717, 1.165) is 6.08 Å². The van der Waals surface area contributed by atoms with Gasteiger partial charge in [-0.2, -0.15) is 0 Å². The minimum absolute atomic E-state index is 0.231. The Balaban J connectivity index is 4.78. The molecular weight excluding hydrogens is 188 g/mol. The van der Waals surface area contributed by atoms with E-state index in [9.17, 15) is 4.79 Å². The molecule has 1 unspecified atom stereocenters. The van der Waals surface area contributed by atoms with E-state index in [2.05, 4.69) is 0 Å². The SMILES string of the molecule is CC(CO)C(C=CC(=O)O)(CO)CO. The summed E-state index contributed by atoms with van der Waals surface area (Å²) in [7, 11) is 0. The first-order valence-corrected chi connectivity index (χ1v) is 4.27. The molecule has 5 heteroatoms. The molecule has 4 N–H and O–H groups in total. The molecule has 0 rings (SSSR count). The molecule has 0 saturated carbocycles. The number of rotatable bonds is 6. The van der Waals surface area contributed by atoms with Gasteiger partial charge in [-0.05, 0) is 5.92 Å². The predicted molar refractivity (Wildman–Crippen MR) is 49.6 cm³/mol. The molecule has 14 heavy (non-hydrogen) atoms. The van der Waals surface area contributed by atoms with E-state index in [0.29, 0.717) is 0 Å². The predicted octanol–water partition coefficient (Wildman–Crippen LogP) is -0.773. The Kier molecular flexibility index (Phi) is 5.37. The number of carbonyl (C=O) groups is 1. The van der Waals surface area contributed by atoms with Crippen molar-refractivity contribution in [3.05, 3.63) is 12.2 Å². The van der Waals surface area contributed by atoms with Crippen LogP contribution >= 0.6 is 0 Å². The van der Waals surface area contributed by atoms with Crippen molar-refractivity contribution in [2.45, 2.75) is 6.92 Å². The third kappa shape index (κ3) is 3.10. The van der Waals surface area contributed by atoms with Crippen LogP contribution in [0.5, 0.6) is 0 Å². The second-order valence-corrected chi connectivity index (χ2v) is 3.30. The summed E-state index contributed by atoms with van der Waals surface area (Å²) in [6.45, 7) is 0.577. The molecule has 0 aliphatic heterocycles. The van der Waals surface area contributed by atoms with E-state index < -0.39 is 30.5 Å². The van der Waals surface area contributed by atoms with E-state index in [-0.39, 0.29) is 6.61 Å². The van der Waals surface area contributed by atoms with Gasteiger partial charge in [-0.15, -0.1) is 0 Å². The fourth-order valence-electron chi connectivity index (χ4n) is 1.05. The molecule has 0 aromatic heterocycles. The summed E-state index contributed by atoms with van der Waals surface area (Å²) in [5, 5.41) is 35.5. The quantitative estimate of drug-likeness (QED) is 0.426. The van der Waals surface area contributed by atoms with Gasteiger partial charge in [-0.25, -0.2) is 4.79 Å². The lowest BCUT2D eigenvalue weighted by atomic mass is 9.77. The first-order chi connectivity index (χ1) is 6.52. The fourth-order valence-corrected chi connectivity index (χ4v) is 1.05. The van der Waals surface area contributed by atoms with Gasteiger partial charge in [-0.1, -0.05) is 13.0 Å². The van der Waals surface area contributed by atoms with Gasteiger partial charge in [0.15, 0.2) is 0 Å². The van der Waals surface area contributed by atoms with Crippen LogP contribution < -0.4 is 0 Å². The maximum absolute atomic E-state index is 10.3. The van der Waals surface area contributed by atoms with Crippen LogP contribution in [0.4, 0.5) is 0 Å². The summed E-state index contributed by atoms with van der Waals surface area (Å²) in [6.07, 6.45) is 2.08. The highest BCUT2D eigenvalue weighted by atomic mass is 16.4. The van der Waals surface area contributed by atoms with E-state index >= 15 is 0 Å². The van der Waals surface area contributed by atoms with Crippen molar-refractivity contribution >= 4 is 5.97 Å². The van der Waals surface area contributed by atoms with Crippen LogP contribution in [-0.2, 0) is 4.79 Å². The molecule has 0 amide bonds. The minimum atomic E-state index is -1.15. The fraction of sp³-hybridized carbons (Fsp3) is 0.667. The highest BCUT2D eigenvalue weighted by molar-refractivity contribution is 5.79. The Bertz CT molecular complexity index is 207. The minimum Gasteiger partial charge on any atom is -0.478 e. The first-order valence-electron chi connectivity index (χ1n) is 4.27. The number of hydrogen-bond acceptors (Lipinski definition) is 4. The van der Waals surface area contributed by atoms with Gasteiger partial charge in [0.2, 0.25) is 0 Å². The summed E-state index contributed by atoms with van der Waals surface area (Å²) in [5.41, 5.74) is -1.08. The van der Waals surface area contributed by atoms with Crippen molar-refractivity contribution in [1.82, 2.24) is 0 Å². The smallest absolute Gasteiger partial charge is 0.328 e. The molecule has 0 aliphatic carbocycles. The molecule has 5 nitrogen and oxygen atoms in total. The average molecular weight is 204 g/mol. The maximum Gasteiger partial charge on any atom is 0.328 e. The number of aliphatic hydroxyl groups is 3. The third-order valence-corrected chi connectivity index (χ3v) is 2.40. The third-order valence-electron chi connectivity index (χ3n) is 2.40. The zero-order chi connectivity index (χ0) is 11.2. The Labute approximate surface area is 82.3 Å². The van der Waals surface area contributed by atoms with Crippen molar-refractivity contribution in [2.75, 3.05) is 19.8 Å². The van der Waals surface area contributed by atoms with Crippen LogP contribution in [0.15, 0.2) is 12.2 Å². The molecule has 0 radical (unpaired) electrons. The summed E-state index contributed by atoms with van der Waals surface area (Å²) in [6, 6.07) is 0. The zero-order valence-electron chi connectivity index (χ0n) is 8.05. The summed E-state index contributed by atoms with van der Waals surface area (Å²) >= 11 is 0. The number of aliphatic hydroxyl groups excluding tert-OH is 3. The molecule has 0 spiro atoms. The summed E-state index contributed by atoms with van der Waals surface area (Å²) in [5.74, 6) is -1.56. The topological polar surface area (TPSA) is 98.0 Å². The molecule has 0 fully saturated rings. The highest BCUT2D eigenvalue weighted by Gasteiger charge is 2.32.